The maximum Gasteiger partial charge on any atom is 0.0543 e. The summed E-state index contributed by atoms with van der Waals surface area (Å²) in [6.07, 6.45) is 2.05. The van der Waals surface area contributed by atoms with Crippen molar-refractivity contribution >= 4 is 21.8 Å². The van der Waals surface area contributed by atoms with E-state index in [1.807, 2.05) is 0 Å². The van der Waals surface area contributed by atoms with Crippen LogP contribution in [0.25, 0.3) is 72.0 Å². The molecule has 0 spiro atoms. The van der Waals surface area contributed by atoms with Crippen molar-refractivity contribution in [2.45, 2.75) is 51.4 Å². The smallest absolute Gasteiger partial charge is 0.0543 e. The van der Waals surface area contributed by atoms with Crippen LogP contribution in [0.2, 0.25) is 0 Å². The first kappa shape index (κ1) is 38.7. The molecule has 10 aromatic rings. The molecule has 0 bridgehead atoms. The molecule has 0 saturated heterocycles. The summed E-state index contributed by atoms with van der Waals surface area (Å²) in [4.78, 5) is 0. The number of hydrogen-bond acceptors (Lipinski definition) is 0. The van der Waals surface area contributed by atoms with Gasteiger partial charge in [0.25, 0.3) is 0 Å². The summed E-state index contributed by atoms with van der Waals surface area (Å²) < 4.78 is 2.46. The Morgan fingerprint density at radius 3 is 1.87 bits per heavy atom. The minimum absolute atomic E-state index is 0.247. The molecule has 0 aliphatic heterocycles. The summed E-state index contributed by atoms with van der Waals surface area (Å²) >= 11 is 0. The molecule has 0 N–H and O–H groups in total. The lowest BCUT2D eigenvalue weighted by Gasteiger charge is -2.28. The summed E-state index contributed by atoms with van der Waals surface area (Å²) in [5, 5.41) is 2.57. The van der Waals surface area contributed by atoms with Crippen LogP contribution in [0.5, 0.6) is 0 Å². The van der Waals surface area contributed by atoms with Crippen LogP contribution in [-0.4, -0.2) is 4.57 Å². The van der Waals surface area contributed by atoms with Crippen LogP contribution in [0.4, 0.5) is 0 Å². The third-order valence-electron chi connectivity index (χ3n) is 14.1. The summed E-state index contributed by atoms with van der Waals surface area (Å²) in [6, 6.07) is 78.9. The SMILES string of the molecule is Cc1ccccc1-c1c(C(C)C(C)c2ccc3c4ccccc4n(-c4ccc(-c5ccccc5)cc4)c3c2)ccc2c1C(CCc1cccc(-c3ccccc3)c1)c1ccccc1-2. The van der Waals surface area contributed by atoms with E-state index in [4.69, 9.17) is 0 Å². The Hall–Kier alpha value is -7.22. The van der Waals surface area contributed by atoms with Gasteiger partial charge in [0.15, 0.2) is 0 Å². The number of aryl methyl sites for hydroxylation is 2. The maximum atomic E-state index is 2.48. The van der Waals surface area contributed by atoms with E-state index in [1.165, 1.54) is 105 Å². The standard InChI is InChI=1S/C62H51N/c1-41-17-10-11-24-51(41)61-52(37-38-58-54-26-13-12-25-53(54)57(62(58)61)35-29-44-18-16-23-49(39-44)46-21-8-5-9-22-46)43(3)42(2)48-32-36-56-55-27-14-15-28-59(55)63(60(56)40-48)50-33-30-47(31-34-50)45-19-6-4-7-20-45/h4-28,30-34,36-40,42-43,57H,29,35H2,1-3H3. The molecule has 1 aliphatic rings. The van der Waals surface area contributed by atoms with E-state index in [0.29, 0.717) is 0 Å². The van der Waals surface area contributed by atoms with Gasteiger partial charge in [-0.05, 0) is 134 Å². The molecular weight excluding hydrogens is 759 g/mol. The second-order valence-electron chi connectivity index (χ2n) is 17.7. The zero-order valence-electron chi connectivity index (χ0n) is 36.3. The van der Waals surface area contributed by atoms with E-state index in [9.17, 15) is 0 Å². The van der Waals surface area contributed by atoms with Crippen LogP contribution < -0.4 is 0 Å². The van der Waals surface area contributed by atoms with Gasteiger partial charge < -0.3 is 4.57 Å². The minimum Gasteiger partial charge on any atom is -0.309 e. The Balaban J connectivity index is 1.00. The molecule has 9 aromatic carbocycles. The number of aromatic nitrogens is 1. The molecule has 3 atom stereocenters. The van der Waals surface area contributed by atoms with Gasteiger partial charge >= 0.3 is 0 Å². The fourth-order valence-electron chi connectivity index (χ4n) is 10.7. The van der Waals surface area contributed by atoms with Crippen molar-refractivity contribution in [3.8, 4) is 50.2 Å². The monoisotopic (exact) mass is 809 g/mol. The van der Waals surface area contributed by atoms with Gasteiger partial charge in [-0.3, -0.25) is 0 Å². The Labute approximate surface area is 372 Å². The lowest BCUT2D eigenvalue weighted by molar-refractivity contribution is 0.623. The van der Waals surface area contributed by atoms with Crippen molar-refractivity contribution in [3.63, 3.8) is 0 Å². The van der Waals surface area contributed by atoms with Crippen LogP contribution in [0.1, 0.15) is 71.4 Å². The molecule has 63 heavy (non-hydrogen) atoms. The predicted molar refractivity (Wildman–Crippen MR) is 267 cm³/mol. The highest BCUT2D eigenvalue weighted by molar-refractivity contribution is 6.09. The van der Waals surface area contributed by atoms with Crippen molar-refractivity contribution in [2.24, 2.45) is 0 Å². The van der Waals surface area contributed by atoms with Gasteiger partial charge in [-0.15, -0.1) is 0 Å². The van der Waals surface area contributed by atoms with Crippen LogP contribution in [0.3, 0.4) is 0 Å². The molecule has 1 nitrogen and oxygen atoms in total. The van der Waals surface area contributed by atoms with Gasteiger partial charge in [0.2, 0.25) is 0 Å². The number of nitrogens with zero attached hydrogens (tertiary/aromatic N) is 1. The lowest BCUT2D eigenvalue weighted by Crippen LogP contribution is -2.10. The summed E-state index contributed by atoms with van der Waals surface area (Å²) in [7, 11) is 0. The largest absolute Gasteiger partial charge is 0.309 e. The lowest BCUT2D eigenvalue weighted by atomic mass is 9.76. The highest BCUT2D eigenvalue weighted by Crippen LogP contribution is 2.54. The second kappa shape index (κ2) is 16.2. The van der Waals surface area contributed by atoms with Gasteiger partial charge in [-0.2, -0.15) is 0 Å². The fraction of sp³-hybridized carbons (Fsp3) is 0.129. The molecule has 1 aromatic heterocycles. The highest BCUT2D eigenvalue weighted by Gasteiger charge is 2.34. The first-order valence-electron chi connectivity index (χ1n) is 22.7. The van der Waals surface area contributed by atoms with E-state index in [2.05, 4.69) is 238 Å². The number of benzene rings is 9. The Morgan fingerprint density at radius 2 is 1.10 bits per heavy atom. The molecule has 1 heterocycles. The average molecular weight is 810 g/mol. The zero-order valence-corrected chi connectivity index (χ0v) is 36.3. The first-order valence-corrected chi connectivity index (χ1v) is 22.7. The van der Waals surface area contributed by atoms with Gasteiger partial charge in [-0.1, -0.05) is 202 Å². The summed E-state index contributed by atoms with van der Waals surface area (Å²) in [6.45, 7) is 7.19. The van der Waals surface area contributed by atoms with Gasteiger partial charge in [0, 0.05) is 22.4 Å². The topological polar surface area (TPSA) is 4.93 Å². The third-order valence-corrected chi connectivity index (χ3v) is 14.1. The quantitative estimate of drug-likeness (QED) is 0.130. The molecule has 1 heteroatoms. The molecule has 3 unspecified atom stereocenters. The summed E-state index contributed by atoms with van der Waals surface area (Å²) in [5.41, 5.74) is 22.7. The van der Waals surface area contributed by atoms with Crippen molar-refractivity contribution in [1.29, 1.82) is 0 Å². The molecular formula is C62H51N. The van der Waals surface area contributed by atoms with Crippen LogP contribution in [0.15, 0.2) is 212 Å². The number of para-hydroxylation sites is 1. The molecule has 0 saturated carbocycles. The number of rotatable bonds is 10. The zero-order chi connectivity index (χ0) is 42.4. The van der Waals surface area contributed by atoms with Gasteiger partial charge in [-0.25, -0.2) is 0 Å². The average Bonchev–Trinajstić information content (AvgIpc) is 3.85. The molecule has 11 rings (SSSR count). The van der Waals surface area contributed by atoms with E-state index in [1.54, 1.807) is 0 Å². The van der Waals surface area contributed by atoms with E-state index in [-0.39, 0.29) is 17.8 Å². The molecule has 1 aliphatic carbocycles. The van der Waals surface area contributed by atoms with E-state index >= 15 is 0 Å². The second-order valence-corrected chi connectivity index (χ2v) is 17.7. The Kier molecular flexibility index (Phi) is 9.97. The third kappa shape index (κ3) is 6.89. The van der Waals surface area contributed by atoms with Crippen molar-refractivity contribution in [3.05, 3.63) is 246 Å². The van der Waals surface area contributed by atoms with Crippen LogP contribution in [-0.2, 0) is 6.42 Å². The fourth-order valence-corrected chi connectivity index (χ4v) is 10.7. The normalized spacial score (nSPS) is 14.1. The van der Waals surface area contributed by atoms with Crippen molar-refractivity contribution in [2.75, 3.05) is 0 Å². The van der Waals surface area contributed by atoms with Gasteiger partial charge in [0.05, 0.1) is 11.0 Å². The van der Waals surface area contributed by atoms with Crippen molar-refractivity contribution < 1.29 is 0 Å². The molecule has 0 radical (unpaired) electrons. The summed E-state index contributed by atoms with van der Waals surface area (Å²) in [5.74, 6) is 0.788. The Morgan fingerprint density at radius 1 is 0.460 bits per heavy atom. The Bertz CT molecular complexity index is 3260. The maximum absolute atomic E-state index is 2.48. The molecule has 304 valence electrons. The van der Waals surface area contributed by atoms with Crippen LogP contribution >= 0.6 is 0 Å². The minimum atomic E-state index is 0.247. The molecule has 0 amide bonds. The predicted octanol–water partition coefficient (Wildman–Crippen LogP) is 16.7. The van der Waals surface area contributed by atoms with Gasteiger partial charge in [0.1, 0.15) is 0 Å². The molecule has 0 fully saturated rings. The highest BCUT2D eigenvalue weighted by atomic mass is 15.0. The van der Waals surface area contributed by atoms with E-state index < -0.39 is 0 Å². The number of fused-ring (bicyclic) bond motifs is 6. The van der Waals surface area contributed by atoms with E-state index in [0.717, 1.165) is 12.8 Å². The number of hydrogen-bond donors (Lipinski definition) is 0. The van der Waals surface area contributed by atoms with Crippen LogP contribution in [0, 0.1) is 6.92 Å². The van der Waals surface area contributed by atoms with Crippen molar-refractivity contribution in [1.82, 2.24) is 4.57 Å². The first-order chi connectivity index (χ1) is 31.0.